The van der Waals surface area contributed by atoms with Crippen molar-refractivity contribution in [3.05, 3.63) is 146 Å². The molecule has 0 aliphatic rings. The highest BCUT2D eigenvalue weighted by Gasteiger charge is 2.13. The molecule has 8 aromatic rings. The minimum atomic E-state index is 1.11. The van der Waals surface area contributed by atoms with Gasteiger partial charge in [-0.05, 0) is 78.9 Å². The largest absolute Gasteiger partial charge is 0.309 e. The number of benzene rings is 5. The average molecular weight is 515 g/mol. The number of hydrogen-bond acceptors (Lipinski definition) is 1. The molecular formula is C36H22N2S. The Morgan fingerprint density at radius 2 is 0.897 bits per heavy atom. The van der Waals surface area contributed by atoms with Gasteiger partial charge in [-0.15, -0.1) is 0 Å². The molecule has 0 unspecified atom stereocenters. The molecule has 8 rings (SSSR count). The minimum absolute atomic E-state index is 1.11. The van der Waals surface area contributed by atoms with Gasteiger partial charge >= 0.3 is 0 Å². The first-order valence-electron chi connectivity index (χ1n) is 13.0. The van der Waals surface area contributed by atoms with Crippen LogP contribution in [0.15, 0.2) is 143 Å². The summed E-state index contributed by atoms with van der Waals surface area (Å²) in [4.78, 5) is 2.43. The topological polar surface area (TPSA) is 9.86 Å². The SMILES string of the molecule is c1ccc2c(c#1)c1ccccc1n2-c1ccc(Sc2ccc(-n3c4ccccc4c4ccccc43)cc2)cc1. The number of rotatable bonds is 4. The lowest BCUT2D eigenvalue weighted by atomic mass is 10.2. The third kappa shape index (κ3) is 3.54. The first-order valence-corrected chi connectivity index (χ1v) is 13.9. The highest BCUT2D eigenvalue weighted by molar-refractivity contribution is 7.99. The van der Waals surface area contributed by atoms with Crippen molar-refractivity contribution in [2.75, 3.05) is 0 Å². The van der Waals surface area contributed by atoms with Gasteiger partial charge in [-0.1, -0.05) is 78.5 Å². The molecule has 6 aromatic carbocycles. The summed E-state index contributed by atoms with van der Waals surface area (Å²) in [6.07, 6.45) is 0. The second kappa shape index (κ2) is 8.84. The van der Waals surface area contributed by atoms with Crippen LogP contribution in [0.25, 0.3) is 55.0 Å². The zero-order valence-corrected chi connectivity index (χ0v) is 21.8. The summed E-state index contributed by atoms with van der Waals surface area (Å²) in [6.45, 7) is 0. The van der Waals surface area contributed by atoms with Crippen LogP contribution in [0.3, 0.4) is 0 Å². The lowest BCUT2D eigenvalue weighted by molar-refractivity contribution is 1.17. The maximum Gasteiger partial charge on any atom is 0.0631 e. The molecule has 0 bridgehead atoms. The number of hydrogen-bond donors (Lipinski definition) is 0. The van der Waals surface area contributed by atoms with E-state index in [1.165, 1.54) is 48.2 Å². The molecule has 3 heteroatoms. The third-order valence-electron chi connectivity index (χ3n) is 7.44. The van der Waals surface area contributed by atoms with Crippen LogP contribution < -0.4 is 0 Å². The summed E-state index contributed by atoms with van der Waals surface area (Å²) < 4.78 is 4.67. The van der Waals surface area contributed by atoms with Gasteiger partial charge in [0.2, 0.25) is 0 Å². The van der Waals surface area contributed by atoms with E-state index in [-0.39, 0.29) is 0 Å². The van der Waals surface area contributed by atoms with Gasteiger partial charge in [-0.25, -0.2) is 0 Å². The smallest absolute Gasteiger partial charge is 0.0631 e. The van der Waals surface area contributed by atoms with Gasteiger partial charge in [0.1, 0.15) is 0 Å². The van der Waals surface area contributed by atoms with Crippen LogP contribution in [-0.2, 0) is 0 Å². The maximum atomic E-state index is 3.31. The zero-order chi connectivity index (χ0) is 25.8. The Morgan fingerprint density at radius 1 is 0.436 bits per heavy atom. The molecule has 2 nitrogen and oxygen atoms in total. The summed E-state index contributed by atoms with van der Waals surface area (Å²) >= 11 is 1.78. The Labute approximate surface area is 230 Å². The fraction of sp³-hybridized carbons (Fsp3) is 0. The third-order valence-corrected chi connectivity index (χ3v) is 8.45. The molecule has 2 aromatic heterocycles. The fourth-order valence-corrected chi connectivity index (χ4v) is 6.54. The fourth-order valence-electron chi connectivity index (χ4n) is 5.72. The standard InChI is InChI=1S/C36H22N2S/c1-5-13-33-29(9-1)30-10-2-6-14-34(30)37(33)25-17-21-27(22-18-25)39-28-23-19-26(20-24-28)38-35-15-7-3-11-31(35)32-12-4-8-16-36(32)38/h1-3,5-11,13-24H. The molecule has 0 fully saturated rings. The second-order valence-electron chi connectivity index (χ2n) is 9.68. The molecule has 0 atom stereocenters. The monoisotopic (exact) mass is 514 g/mol. The van der Waals surface area contributed by atoms with E-state index in [1.807, 2.05) is 6.07 Å². The highest BCUT2D eigenvalue weighted by atomic mass is 32.2. The van der Waals surface area contributed by atoms with E-state index in [0.29, 0.717) is 0 Å². The van der Waals surface area contributed by atoms with Crippen molar-refractivity contribution in [3.8, 4) is 11.4 Å². The van der Waals surface area contributed by atoms with Crippen molar-refractivity contribution in [1.82, 2.24) is 9.13 Å². The molecule has 0 radical (unpaired) electrons. The highest BCUT2D eigenvalue weighted by Crippen LogP contribution is 2.35. The molecule has 0 amide bonds. The van der Waals surface area contributed by atoms with Gasteiger partial charge in [0.15, 0.2) is 0 Å². The van der Waals surface area contributed by atoms with E-state index in [0.717, 1.165) is 16.6 Å². The lowest BCUT2D eigenvalue weighted by Gasteiger charge is -2.10. The van der Waals surface area contributed by atoms with Gasteiger partial charge in [-0.2, -0.15) is 0 Å². The number of aromatic nitrogens is 2. The van der Waals surface area contributed by atoms with Crippen LogP contribution >= 0.6 is 11.8 Å². The van der Waals surface area contributed by atoms with Crippen molar-refractivity contribution < 1.29 is 0 Å². The molecule has 0 aliphatic heterocycles. The Hall–Kier alpha value is -4.91. The summed E-state index contributed by atoms with van der Waals surface area (Å²) in [5, 5.41) is 4.87. The Bertz CT molecular complexity index is 1870. The van der Waals surface area contributed by atoms with Gasteiger partial charge in [0.25, 0.3) is 0 Å². The van der Waals surface area contributed by atoms with E-state index in [1.54, 1.807) is 11.8 Å². The van der Waals surface area contributed by atoms with Crippen molar-refractivity contribution >= 4 is 55.4 Å². The van der Waals surface area contributed by atoms with Crippen molar-refractivity contribution in [2.24, 2.45) is 0 Å². The van der Waals surface area contributed by atoms with Gasteiger partial charge in [-0.3, -0.25) is 0 Å². The van der Waals surface area contributed by atoms with Crippen LogP contribution in [-0.4, -0.2) is 9.13 Å². The second-order valence-corrected chi connectivity index (χ2v) is 10.8. The van der Waals surface area contributed by atoms with E-state index < -0.39 is 0 Å². The van der Waals surface area contributed by atoms with E-state index in [4.69, 9.17) is 0 Å². The summed E-state index contributed by atoms with van der Waals surface area (Å²) in [7, 11) is 0. The zero-order valence-electron chi connectivity index (χ0n) is 21.0. The Morgan fingerprint density at radius 3 is 1.46 bits per heavy atom. The summed E-state index contributed by atoms with van der Waals surface area (Å²) in [5.41, 5.74) is 7.12. The predicted octanol–water partition coefficient (Wildman–Crippen LogP) is 9.63. The molecule has 0 saturated carbocycles. The van der Waals surface area contributed by atoms with Crippen molar-refractivity contribution in [1.29, 1.82) is 0 Å². The molecular weight excluding hydrogens is 492 g/mol. The van der Waals surface area contributed by atoms with Gasteiger partial charge in [0.05, 0.1) is 27.5 Å². The summed E-state index contributed by atoms with van der Waals surface area (Å²) in [6, 6.07) is 54.0. The molecule has 0 spiro atoms. The van der Waals surface area contributed by atoms with Crippen LogP contribution in [0, 0.1) is 12.1 Å². The quantitative estimate of drug-likeness (QED) is 0.227. The van der Waals surface area contributed by atoms with Crippen molar-refractivity contribution in [2.45, 2.75) is 9.79 Å². The molecule has 39 heavy (non-hydrogen) atoms. The van der Waals surface area contributed by atoms with E-state index in [9.17, 15) is 0 Å². The first kappa shape index (κ1) is 22.1. The number of para-hydroxylation sites is 3. The van der Waals surface area contributed by atoms with Crippen LogP contribution in [0.5, 0.6) is 0 Å². The number of fused-ring (bicyclic) bond motifs is 6. The molecule has 182 valence electrons. The molecule has 0 aliphatic carbocycles. The van der Waals surface area contributed by atoms with Crippen LogP contribution in [0.4, 0.5) is 0 Å². The van der Waals surface area contributed by atoms with E-state index >= 15 is 0 Å². The summed E-state index contributed by atoms with van der Waals surface area (Å²) in [5.74, 6) is 0. The minimum Gasteiger partial charge on any atom is -0.309 e. The van der Waals surface area contributed by atoms with Crippen molar-refractivity contribution in [3.63, 3.8) is 0 Å². The molecule has 2 heterocycles. The Balaban J connectivity index is 1.12. The van der Waals surface area contributed by atoms with Crippen LogP contribution in [0.1, 0.15) is 0 Å². The molecule has 0 N–H and O–H groups in total. The lowest BCUT2D eigenvalue weighted by Crippen LogP contribution is -1.93. The van der Waals surface area contributed by atoms with Gasteiger partial charge in [0, 0.05) is 37.3 Å². The molecule has 0 saturated heterocycles. The normalized spacial score (nSPS) is 11.5. The average Bonchev–Trinajstić information content (AvgIpc) is 3.51. The van der Waals surface area contributed by atoms with Crippen LogP contribution in [0.2, 0.25) is 0 Å². The number of nitrogens with zero attached hydrogens (tertiary/aromatic N) is 2. The Kier molecular flexibility index (Phi) is 5.01. The predicted molar refractivity (Wildman–Crippen MR) is 163 cm³/mol. The maximum absolute atomic E-state index is 3.31. The first-order chi connectivity index (χ1) is 19.3. The van der Waals surface area contributed by atoms with Gasteiger partial charge < -0.3 is 9.13 Å². The van der Waals surface area contributed by atoms with E-state index in [2.05, 4.69) is 149 Å².